The first-order valence-corrected chi connectivity index (χ1v) is 6.17. The molecule has 0 aromatic heterocycles. The topological polar surface area (TPSA) is 162 Å². The van der Waals surface area contributed by atoms with Gasteiger partial charge in [0, 0.05) is 12.8 Å². The number of hydrogen-bond donors (Lipinski definition) is 4. The van der Waals surface area contributed by atoms with Crippen LogP contribution in [-0.2, 0) is 19.4 Å². The van der Waals surface area contributed by atoms with E-state index in [9.17, 15) is 9.59 Å². The lowest BCUT2D eigenvalue weighted by Crippen LogP contribution is -2.18. The Morgan fingerprint density at radius 1 is 0.700 bits per heavy atom. The minimum Gasteiger partial charge on any atom is -0.352 e. The average molecular weight is 294 g/mol. The first kappa shape index (κ1) is 20.4. The highest BCUT2D eigenvalue weighted by atomic mass is 17.1. The summed E-state index contributed by atoms with van der Waals surface area (Å²) in [5, 5.41) is 15.9. The molecule has 0 aliphatic rings. The molecule has 0 aromatic carbocycles. The standard InChI is InChI=1S/C10H18O6.CH4N2O/c11-9(15-13)7-5-3-1-2-4-6-8-10(12)16-14;2-1(3)4/h13-14H,1-8H2;(H4,2,3,4). The van der Waals surface area contributed by atoms with Crippen LogP contribution in [0.4, 0.5) is 4.79 Å². The summed E-state index contributed by atoms with van der Waals surface area (Å²) in [5.74, 6) is -1.21. The van der Waals surface area contributed by atoms with Gasteiger partial charge in [0.15, 0.2) is 0 Å². The number of carbonyl (C=O) groups is 3. The van der Waals surface area contributed by atoms with Crippen LogP contribution >= 0.6 is 0 Å². The van der Waals surface area contributed by atoms with Gasteiger partial charge in [0.1, 0.15) is 0 Å². The molecular weight excluding hydrogens is 272 g/mol. The largest absolute Gasteiger partial charge is 0.352 e. The van der Waals surface area contributed by atoms with Crippen molar-refractivity contribution in [2.24, 2.45) is 11.5 Å². The van der Waals surface area contributed by atoms with Crippen molar-refractivity contribution in [3.05, 3.63) is 0 Å². The molecule has 0 aliphatic heterocycles. The number of rotatable bonds is 9. The van der Waals surface area contributed by atoms with Crippen LogP contribution in [0.2, 0.25) is 0 Å². The zero-order chi connectivity index (χ0) is 15.8. The SMILES string of the molecule is NC(N)=O.O=C(CCCCCCCCC(=O)OO)OO. The molecule has 0 aliphatic carbocycles. The molecule has 118 valence electrons. The Balaban J connectivity index is 0. The van der Waals surface area contributed by atoms with Gasteiger partial charge in [-0.2, -0.15) is 10.5 Å². The van der Waals surface area contributed by atoms with Gasteiger partial charge in [-0.3, -0.25) is 0 Å². The lowest BCUT2D eigenvalue weighted by Gasteiger charge is -2.00. The van der Waals surface area contributed by atoms with Crippen molar-refractivity contribution in [3.8, 4) is 0 Å². The van der Waals surface area contributed by atoms with Gasteiger partial charge in [0.2, 0.25) is 0 Å². The summed E-state index contributed by atoms with van der Waals surface area (Å²) in [7, 11) is 0. The number of unbranched alkanes of at least 4 members (excludes halogenated alkanes) is 5. The van der Waals surface area contributed by atoms with Gasteiger partial charge in [-0.1, -0.05) is 25.7 Å². The number of urea groups is 1. The van der Waals surface area contributed by atoms with Gasteiger partial charge in [0.05, 0.1) is 0 Å². The van der Waals surface area contributed by atoms with E-state index >= 15 is 0 Å². The van der Waals surface area contributed by atoms with Crippen LogP contribution in [0.1, 0.15) is 51.4 Å². The predicted octanol–water partition coefficient (Wildman–Crippen LogP) is 1.16. The van der Waals surface area contributed by atoms with E-state index in [0.29, 0.717) is 12.8 Å². The summed E-state index contributed by atoms with van der Waals surface area (Å²) in [6.45, 7) is 0. The van der Waals surface area contributed by atoms with Crippen LogP contribution in [0.25, 0.3) is 0 Å². The lowest BCUT2D eigenvalue weighted by molar-refractivity contribution is -0.234. The molecule has 0 saturated carbocycles. The van der Waals surface area contributed by atoms with Crippen LogP contribution < -0.4 is 11.5 Å². The highest BCUT2D eigenvalue weighted by Crippen LogP contribution is 2.09. The number of hydrogen-bond acceptors (Lipinski definition) is 7. The normalized spacial score (nSPS) is 9.10. The number of amides is 2. The number of primary amides is 2. The molecule has 9 heteroatoms. The van der Waals surface area contributed by atoms with Crippen molar-refractivity contribution in [1.29, 1.82) is 0 Å². The van der Waals surface area contributed by atoms with Crippen molar-refractivity contribution in [1.82, 2.24) is 0 Å². The zero-order valence-corrected chi connectivity index (χ0v) is 11.2. The summed E-state index contributed by atoms with van der Waals surface area (Å²) < 4.78 is 0. The fourth-order valence-corrected chi connectivity index (χ4v) is 1.34. The molecule has 20 heavy (non-hydrogen) atoms. The summed E-state index contributed by atoms with van der Waals surface area (Å²) in [6, 6.07) is -0.833. The van der Waals surface area contributed by atoms with Gasteiger partial charge in [-0.15, -0.1) is 0 Å². The van der Waals surface area contributed by atoms with Crippen molar-refractivity contribution >= 4 is 18.0 Å². The Morgan fingerprint density at radius 2 is 0.950 bits per heavy atom. The van der Waals surface area contributed by atoms with E-state index in [1.54, 1.807) is 0 Å². The molecule has 0 spiro atoms. The smallest absolute Gasteiger partial charge is 0.342 e. The Bertz CT molecular complexity index is 258. The van der Waals surface area contributed by atoms with Crippen molar-refractivity contribution in [2.75, 3.05) is 0 Å². The van der Waals surface area contributed by atoms with E-state index in [2.05, 4.69) is 21.2 Å². The third-order valence-electron chi connectivity index (χ3n) is 2.22. The molecule has 0 unspecified atom stereocenters. The van der Waals surface area contributed by atoms with Crippen LogP contribution in [-0.4, -0.2) is 28.5 Å². The maximum absolute atomic E-state index is 10.5. The molecular formula is C11H22N2O7. The third-order valence-corrected chi connectivity index (χ3v) is 2.22. The van der Waals surface area contributed by atoms with Gasteiger partial charge in [-0.25, -0.2) is 14.4 Å². The Hall–Kier alpha value is -1.87. The van der Waals surface area contributed by atoms with Crippen LogP contribution in [0.15, 0.2) is 0 Å². The van der Waals surface area contributed by atoms with Gasteiger partial charge < -0.3 is 21.2 Å². The first-order chi connectivity index (χ1) is 9.43. The van der Waals surface area contributed by atoms with Gasteiger partial charge in [0.25, 0.3) is 0 Å². The fraction of sp³-hybridized carbons (Fsp3) is 0.727. The van der Waals surface area contributed by atoms with Gasteiger partial charge >= 0.3 is 18.0 Å². The molecule has 6 N–H and O–H groups in total. The highest BCUT2D eigenvalue weighted by molar-refractivity contribution is 5.69. The second-order valence-electron chi connectivity index (χ2n) is 3.95. The maximum atomic E-state index is 10.5. The molecule has 0 aromatic rings. The monoisotopic (exact) mass is 294 g/mol. The first-order valence-electron chi connectivity index (χ1n) is 6.17. The molecule has 0 rings (SSSR count). The molecule has 0 radical (unpaired) electrons. The molecule has 2 amide bonds. The third kappa shape index (κ3) is 21.4. The van der Waals surface area contributed by atoms with Crippen molar-refractivity contribution in [2.45, 2.75) is 51.4 Å². The van der Waals surface area contributed by atoms with Gasteiger partial charge in [-0.05, 0) is 12.8 Å². The minimum absolute atomic E-state index is 0.230. The van der Waals surface area contributed by atoms with E-state index in [0.717, 1.165) is 25.7 Å². The van der Waals surface area contributed by atoms with E-state index in [1.807, 2.05) is 0 Å². The second-order valence-corrected chi connectivity index (χ2v) is 3.95. The quantitative estimate of drug-likeness (QED) is 0.281. The molecule has 0 bridgehead atoms. The van der Waals surface area contributed by atoms with Crippen molar-refractivity contribution < 1.29 is 34.7 Å². The molecule has 0 heterocycles. The molecule has 0 saturated heterocycles. The average Bonchev–Trinajstić information content (AvgIpc) is 2.40. The van der Waals surface area contributed by atoms with E-state index in [-0.39, 0.29) is 12.8 Å². The highest BCUT2D eigenvalue weighted by Gasteiger charge is 2.02. The Morgan fingerprint density at radius 3 is 1.20 bits per heavy atom. The van der Waals surface area contributed by atoms with E-state index in [4.69, 9.17) is 15.3 Å². The summed E-state index contributed by atoms with van der Waals surface area (Å²) in [6.07, 6.45) is 5.55. The Labute approximate surface area is 116 Å². The number of carbonyl (C=O) groups excluding carboxylic acids is 3. The molecule has 0 atom stereocenters. The predicted molar refractivity (Wildman–Crippen MR) is 68.1 cm³/mol. The maximum Gasteiger partial charge on any atom is 0.342 e. The van der Waals surface area contributed by atoms with Crippen LogP contribution in [0.3, 0.4) is 0 Å². The number of nitrogens with two attached hydrogens (primary N) is 2. The molecule has 9 nitrogen and oxygen atoms in total. The minimum atomic E-state index is -0.833. The Kier molecular flexibility index (Phi) is 15.5. The summed E-state index contributed by atoms with van der Waals surface area (Å²) in [4.78, 5) is 37.1. The molecule has 0 fully saturated rings. The van der Waals surface area contributed by atoms with E-state index < -0.39 is 18.0 Å². The zero-order valence-electron chi connectivity index (χ0n) is 11.2. The summed E-state index contributed by atoms with van der Waals surface area (Å²) >= 11 is 0. The van der Waals surface area contributed by atoms with Crippen molar-refractivity contribution in [3.63, 3.8) is 0 Å². The lowest BCUT2D eigenvalue weighted by atomic mass is 10.1. The van der Waals surface area contributed by atoms with Crippen LogP contribution in [0.5, 0.6) is 0 Å². The van der Waals surface area contributed by atoms with E-state index in [1.165, 1.54) is 0 Å². The fourth-order valence-electron chi connectivity index (χ4n) is 1.34. The van der Waals surface area contributed by atoms with Crippen LogP contribution in [0, 0.1) is 0 Å². The second kappa shape index (κ2) is 15.2. The summed E-state index contributed by atoms with van der Waals surface area (Å²) in [5.41, 5.74) is 8.50.